The minimum Gasteiger partial charge on any atom is -0.543 e. The number of fused-ring (bicyclic) bond motifs is 4. The molecule has 5 rings (SSSR count). The van der Waals surface area contributed by atoms with E-state index in [4.69, 9.17) is 9.47 Å². The SMILES string of the molecule is COC(=O)C=C1c2ccccc2-c2c(OCC3=C(C(=O)[O-])N4C(=O)C(C(C)O)C4[C@H]3C)cccc21.[Na+]. The monoisotopic (exact) mass is 497 g/mol. The van der Waals surface area contributed by atoms with Crippen LogP contribution in [0.3, 0.4) is 0 Å². The first kappa shape index (κ1) is 26.2. The molecule has 2 heterocycles. The van der Waals surface area contributed by atoms with Crippen molar-refractivity contribution >= 4 is 23.4 Å². The quantitative estimate of drug-likeness (QED) is 0.191. The molecule has 1 saturated heterocycles. The summed E-state index contributed by atoms with van der Waals surface area (Å²) >= 11 is 0. The smallest absolute Gasteiger partial charge is 0.543 e. The molecular weight excluding hydrogens is 473 g/mol. The molecule has 1 fully saturated rings. The number of carboxylic acids is 1. The zero-order valence-electron chi connectivity index (χ0n) is 20.5. The summed E-state index contributed by atoms with van der Waals surface area (Å²) in [6.07, 6.45) is 0.556. The van der Waals surface area contributed by atoms with Crippen LogP contribution in [0.15, 0.2) is 59.8 Å². The van der Waals surface area contributed by atoms with Crippen LogP contribution in [0.5, 0.6) is 5.75 Å². The minimum absolute atomic E-state index is 0. The van der Waals surface area contributed by atoms with Gasteiger partial charge in [0.2, 0.25) is 5.91 Å². The molecule has 4 atom stereocenters. The third-order valence-electron chi connectivity index (χ3n) is 7.16. The van der Waals surface area contributed by atoms with Crippen LogP contribution in [0.1, 0.15) is 25.0 Å². The van der Waals surface area contributed by atoms with E-state index in [1.807, 2.05) is 37.3 Å². The number of nitrogens with zero attached hydrogens (tertiary/aromatic N) is 1. The summed E-state index contributed by atoms with van der Waals surface area (Å²) in [5.41, 5.74) is 4.32. The van der Waals surface area contributed by atoms with E-state index in [1.54, 1.807) is 12.1 Å². The van der Waals surface area contributed by atoms with Gasteiger partial charge in [-0.3, -0.25) is 4.79 Å². The number of hydrogen-bond acceptors (Lipinski definition) is 7. The molecule has 0 aromatic heterocycles. The standard InChI is InChI=1S/C27H25NO7.Na/c1-13-19(25(27(32)33)28-24(13)22(14(2)29)26(28)31)12-35-20-10-6-9-17-18(11-21(30)34-3)15-7-4-5-8-16(15)23(17)20;/h4-11,13-14,22,24,29H,12H2,1-3H3,(H,32,33);/q;+1/p-1/t13-,14?,22?,24?;/m0./s1. The summed E-state index contributed by atoms with van der Waals surface area (Å²) in [6.45, 7) is 3.30. The molecule has 180 valence electrons. The van der Waals surface area contributed by atoms with E-state index in [-0.39, 0.29) is 47.8 Å². The number of amides is 1. The number of hydrogen-bond donors (Lipinski definition) is 1. The second-order valence-corrected chi connectivity index (χ2v) is 9.01. The van der Waals surface area contributed by atoms with Crippen molar-refractivity contribution in [3.05, 3.63) is 70.9 Å². The van der Waals surface area contributed by atoms with Crippen molar-refractivity contribution in [2.24, 2.45) is 11.8 Å². The molecular formula is C27H24NNaO7. The second-order valence-electron chi connectivity index (χ2n) is 9.01. The van der Waals surface area contributed by atoms with Crippen LogP contribution in [-0.4, -0.2) is 53.7 Å². The predicted octanol–water partition coefficient (Wildman–Crippen LogP) is -1.48. The van der Waals surface area contributed by atoms with E-state index < -0.39 is 35.9 Å². The third-order valence-corrected chi connectivity index (χ3v) is 7.16. The number of β-lactam (4-membered cyclic amide) rings is 1. The van der Waals surface area contributed by atoms with Crippen molar-refractivity contribution in [1.29, 1.82) is 0 Å². The van der Waals surface area contributed by atoms with Gasteiger partial charge in [-0.1, -0.05) is 43.3 Å². The molecule has 1 aliphatic carbocycles. The maximum atomic E-state index is 12.6. The average molecular weight is 497 g/mol. The Hall–Kier alpha value is -2.91. The minimum atomic E-state index is -1.44. The Morgan fingerprint density at radius 3 is 2.44 bits per heavy atom. The van der Waals surface area contributed by atoms with Gasteiger partial charge in [0.25, 0.3) is 0 Å². The number of carbonyl (C=O) groups is 3. The zero-order valence-corrected chi connectivity index (χ0v) is 22.5. The Bertz CT molecular complexity index is 1330. The van der Waals surface area contributed by atoms with Crippen LogP contribution in [0, 0.1) is 11.8 Å². The number of carboxylic acid groups (broad SMARTS) is 1. The molecule has 0 spiro atoms. The zero-order chi connectivity index (χ0) is 25.0. The van der Waals surface area contributed by atoms with Gasteiger partial charge in [0.15, 0.2) is 0 Å². The van der Waals surface area contributed by atoms with Crippen LogP contribution >= 0.6 is 0 Å². The van der Waals surface area contributed by atoms with Crippen molar-refractivity contribution in [3.63, 3.8) is 0 Å². The van der Waals surface area contributed by atoms with E-state index in [0.29, 0.717) is 16.9 Å². The largest absolute Gasteiger partial charge is 1.00 e. The van der Waals surface area contributed by atoms with Gasteiger partial charge in [-0.15, -0.1) is 0 Å². The van der Waals surface area contributed by atoms with Crippen molar-refractivity contribution < 1.29 is 63.6 Å². The molecule has 1 amide bonds. The molecule has 0 bridgehead atoms. The fraction of sp³-hybridized carbons (Fsp3) is 0.296. The van der Waals surface area contributed by atoms with Crippen molar-refractivity contribution in [2.45, 2.75) is 26.0 Å². The molecule has 3 aliphatic rings. The van der Waals surface area contributed by atoms with E-state index in [1.165, 1.54) is 25.0 Å². The third kappa shape index (κ3) is 3.89. The van der Waals surface area contributed by atoms with Crippen LogP contribution in [0.4, 0.5) is 0 Å². The summed E-state index contributed by atoms with van der Waals surface area (Å²) in [5.74, 6) is -2.79. The number of ether oxygens (including phenoxy) is 2. The molecule has 9 heteroatoms. The van der Waals surface area contributed by atoms with E-state index in [9.17, 15) is 24.6 Å². The van der Waals surface area contributed by atoms with Crippen LogP contribution < -0.4 is 39.4 Å². The van der Waals surface area contributed by atoms with Crippen LogP contribution in [0.2, 0.25) is 0 Å². The molecule has 0 saturated carbocycles. The fourth-order valence-corrected chi connectivity index (χ4v) is 5.55. The van der Waals surface area contributed by atoms with Crippen LogP contribution in [-0.2, 0) is 19.1 Å². The molecule has 2 aromatic carbocycles. The summed E-state index contributed by atoms with van der Waals surface area (Å²) in [5, 5.41) is 22.0. The van der Waals surface area contributed by atoms with Crippen LogP contribution in [0.25, 0.3) is 16.7 Å². The number of esters is 1. The van der Waals surface area contributed by atoms with Crippen molar-refractivity contribution in [1.82, 2.24) is 4.90 Å². The van der Waals surface area contributed by atoms with Crippen molar-refractivity contribution in [3.8, 4) is 16.9 Å². The number of aliphatic carboxylic acids is 1. The van der Waals surface area contributed by atoms with Gasteiger partial charge < -0.3 is 29.4 Å². The first-order valence-corrected chi connectivity index (χ1v) is 11.4. The normalized spacial score (nSPS) is 23.3. The Morgan fingerprint density at radius 2 is 1.81 bits per heavy atom. The Morgan fingerprint density at radius 1 is 1.14 bits per heavy atom. The molecule has 8 nitrogen and oxygen atoms in total. The van der Waals surface area contributed by atoms with Crippen molar-refractivity contribution in [2.75, 3.05) is 13.7 Å². The van der Waals surface area contributed by atoms with Gasteiger partial charge in [0, 0.05) is 17.6 Å². The maximum Gasteiger partial charge on any atom is 1.00 e. The Kier molecular flexibility index (Phi) is 7.16. The van der Waals surface area contributed by atoms with E-state index >= 15 is 0 Å². The topological polar surface area (TPSA) is 116 Å². The number of carbonyl (C=O) groups excluding carboxylic acids is 3. The Balaban J connectivity index is 0.00000304. The summed E-state index contributed by atoms with van der Waals surface area (Å²) in [6, 6.07) is 12.7. The van der Waals surface area contributed by atoms with Gasteiger partial charge in [-0.25, -0.2) is 4.79 Å². The first-order chi connectivity index (χ1) is 16.8. The van der Waals surface area contributed by atoms with Gasteiger partial charge in [-0.2, -0.15) is 0 Å². The molecule has 1 N–H and O–H groups in total. The molecule has 2 aliphatic heterocycles. The fourth-order valence-electron chi connectivity index (χ4n) is 5.55. The van der Waals surface area contributed by atoms with Gasteiger partial charge >= 0.3 is 35.5 Å². The first-order valence-electron chi connectivity index (χ1n) is 11.4. The maximum absolute atomic E-state index is 12.6. The number of benzene rings is 2. The molecule has 0 radical (unpaired) electrons. The number of methoxy groups -OCH3 is 1. The predicted molar refractivity (Wildman–Crippen MR) is 123 cm³/mol. The van der Waals surface area contributed by atoms with Gasteiger partial charge in [0.05, 0.1) is 36.8 Å². The number of aliphatic hydroxyl groups is 1. The van der Waals surface area contributed by atoms with Gasteiger partial charge in [-0.05, 0) is 40.8 Å². The summed E-state index contributed by atoms with van der Waals surface area (Å²) in [4.78, 5) is 37.8. The molecule has 36 heavy (non-hydrogen) atoms. The summed E-state index contributed by atoms with van der Waals surface area (Å²) in [7, 11) is 1.32. The van der Waals surface area contributed by atoms with Gasteiger partial charge in [0.1, 0.15) is 12.4 Å². The summed E-state index contributed by atoms with van der Waals surface area (Å²) < 4.78 is 11.0. The van der Waals surface area contributed by atoms with E-state index in [2.05, 4.69) is 0 Å². The molecule has 2 aromatic rings. The molecule has 3 unspecified atom stereocenters. The Labute approximate surface area is 230 Å². The second kappa shape index (κ2) is 9.86. The number of rotatable bonds is 6. The number of aliphatic hydroxyl groups excluding tert-OH is 1. The van der Waals surface area contributed by atoms with E-state index in [0.717, 1.165) is 22.3 Å². The average Bonchev–Trinajstić information content (AvgIpc) is 3.27.